The van der Waals surface area contributed by atoms with Gasteiger partial charge in [-0.15, -0.1) is 0 Å². The van der Waals surface area contributed by atoms with Gasteiger partial charge in [0, 0.05) is 6.92 Å². The smallest absolute Gasteiger partial charge is 0.217 e. The molecule has 6 aliphatic heterocycles. The average molecular weight is 999 g/mol. The maximum atomic E-state index is 13.1. The minimum atomic E-state index is -2.15. The lowest BCUT2D eigenvalue weighted by molar-refractivity contribution is -0.399. The molecule has 0 aromatic carbocycles. The third kappa shape index (κ3) is 11.4. The number of ether oxygens (including phenoxy) is 11. The van der Waals surface area contributed by atoms with Gasteiger partial charge in [0.15, 0.2) is 37.7 Å². The minimum Gasteiger partial charge on any atom is -0.394 e. The average Bonchev–Trinajstić information content (AvgIpc) is 3.31. The lowest BCUT2D eigenvalue weighted by Gasteiger charge is -2.52. The molecule has 0 aromatic heterocycles. The number of hydrogen-bond donors (Lipinski definition) is 18. The van der Waals surface area contributed by atoms with E-state index in [2.05, 4.69) is 5.32 Å². The normalized spacial score (nSPS) is 52.6. The van der Waals surface area contributed by atoms with E-state index >= 15 is 0 Å². The summed E-state index contributed by atoms with van der Waals surface area (Å²) >= 11 is 0. The second-order valence-electron chi connectivity index (χ2n) is 17.5. The van der Waals surface area contributed by atoms with Crippen molar-refractivity contribution in [3.8, 4) is 0 Å². The third-order valence-electron chi connectivity index (χ3n) is 12.8. The molecule has 0 spiro atoms. The van der Waals surface area contributed by atoms with Crippen LogP contribution in [-0.4, -0.2) is 298 Å². The van der Waals surface area contributed by atoms with Crippen LogP contribution in [0, 0.1) is 0 Å². The molecule has 6 heterocycles. The third-order valence-corrected chi connectivity index (χ3v) is 12.8. The van der Waals surface area contributed by atoms with Gasteiger partial charge >= 0.3 is 0 Å². The minimum absolute atomic E-state index is 0.854. The fraction of sp³-hybridized carbons (Fsp3) is 0.974. The van der Waals surface area contributed by atoms with Gasteiger partial charge in [0.05, 0.1) is 44.7 Å². The van der Waals surface area contributed by atoms with Gasteiger partial charge < -0.3 is 145 Å². The van der Waals surface area contributed by atoms with Crippen LogP contribution in [0.5, 0.6) is 0 Å². The van der Waals surface area contributed by atoms with Gasteiger partial charge in [0.25, 0.3) is 0 Å². The molecule has 0 bridgehead atoms. The Kier molecular flexibility index (Phi) is 19.2. The molecule has 0 unspecified atom stereocenters. The number of carbonyl (C=O) groups is 1. The molecule has 6 saturated heterocycles. The van der Waals surface area contributed by atoms with Crippen molar-refractivity contribution in [2.75, 3.05) is 26.4 Å². The molecule has 6 aliphatic rings. The van der Waals surface area contributed by atoms with Crippen molar-refractivity contribution >= 4 is 5.91 Å². The standard InChI is InChI=1S/C38H66N2O28/c1-8-17(46)22(51)25(54)35(58-8)65-29-14(7-44)63-34(67-31-20(49)12(5-42)61-37(27(31)56)64-28-13(6-43)60-33(57)15(39)21(28)50)16(40-10(3)45)30(29)66-38-32(24(53)19(48)11(4-41)62-38)68-36-26(55)23(52)18(47)9(2)59-36/h8-9,11-38,41-44,46-57H,4-7,39H2,1-3H3,(H,40,45)/t8-,9-,11+,12+,13+,14+,15+,16+,17+,18+,19-,20-,21+,22+,23+,24-,25-,26-,27-,28+,29+,30+,31-,32+,33+,34-,35-,36-,37-,38-/m0/s1. The molecule has 0 aliphatic carbocycles. The first kappa shape index (κ1) is 55.7. The fourth-order valence-corrected chi connectivity index (χ4v) is 8.81. The first-order valence-electron chi connectivity index (χ1n) is 21.9. The van der Waals surface area contributed by atoms with Crippen molar-refractivity contribution in [2.24, 2.45) is 5.73 Å². The topological polar surface area (TPSA) is 480 Å². The molecular formula is C38H66N2O28. The van der Waals surface area contributed by atoms with Gasteiger partial charge in [-0.3, -0.25) is 4.79 Å². The lowest BCUT2D eigenvalue weighted by Crippen LogP contribution is -2.71. The second-order valence-corrected chi connectivity index (χ2v) is 17.5. The number of amides is 1. The highest BCUT2D eigenvalue weighted by molar-refractivity contribution is 5.73. The summed E-state index contributed by atoms with van der Waals surface area (Å²) in [7, 11) is 0. The Balaban J connectivity index is 1.39. The zero-order valence-corrected chi connectivity index (χ0v) is 36.8. The monoisotopic (exact) mass is 998 g/mol. The number of carbonyl (C=O) groups excluding carboxylic acids is 1. The highest BCUT2D eigenvalue weighted by atomic mass is 16.8. The number of aliphatic hydroxyl groups excluding tert-OH is 16. The summed E-state index contributed by atoms with van der Waals surface area (Å²) in [6, 6.07) is -3.34. The van der Waals surface area contributed by atoms with Crippen molar-refractivity contribution in [3.63, 3.8) is 0 Å². The van der Waals surface area contributed by atoms with Gasteiger partial charge in [-0.2, -0.15) is 0 Å². The Bertz CT molecular complexity index is 1600. The van der Waals surface area contributed by atoms with E-state index in [0.717, 1.165) is 6.92 Å². The highest BCUT2D eigenvalue weighted by Gasteiger charge is 2.59. The van der Waals surface area contributed by atoms with Gasteiger partial charge in [0.1, 0.15) is 128 Å². The molecule has 0 aromatic rings. The molecule has 30 atom stereocenters. The van der Waals surface area contributed by atoms with Crippen LogP contribution in [0.3, 0.4) is 0 Å². The first-order valence-corrected chi connectivity index (χ1v) is 21.9. The Hall–Kier alpha value is -1.65. The molecule has 68 heavy (non-hydrogen) atoms. The maximum Gasteiger partial charge on any atom is 0.217 e. The molecule has 6 rings (SSSR count). The summed E-state index contributed by atoms with van der Waals surface area (Å²) in [5.41, 5.74) is 5.84. The molecule has 396 valence electrons. The van der Waals surface area contributed by atoms with Gasteiger partial charge in [-0.1, -0.05) is 0 Å². The zero-order chi connectivity index (χ0) is 50.2. The van der Waals surface area contributed by atoms with E-state index in [1.807, 2.05) is 0 Å². The van der Waals surface area contributed by atoms with Crippen LogP contribution in [0.25, 0.3) is 0 Å². The molecule has 1 amide bonds. The van der Waals surface area contributed by atoms with Crippen LogP contribution in [0.15, 0.2) is 0 Å². The van der Waals surface area contributed by atoms with E-state index in [4.69, 9.17) is 57.8 Å². The zero-order valence-electron chi connectivity index (χ0n) is 36.8. The summed E-state index contributed by atoms with van der Waals surface area (Å²) in [6.45, 7) is -0.236. The van der Waals surface area contributed by atoms with E-state index in [1.165, 1.54) is 13.8 Å². The number of hydrogen-bond acceptors (Lipinski definition) is 29. The highest BCUT2D eigenvalue weighted by Crippen LogP contribution is 2.38. The van der Waals surface area contributed by atoms with Gasteiger partial charge in [-0.05, 0) is 13.8 Å². The largest absolute Gasteiger partial charge is 0.394 e. The molecule has 6 fully saturated rings. The molecule has 19 N–H and O–H groups in total. The van der Waals surface area contributed by atoms with Crippen LogP contribution in [0.1, 0.15) is 20.8 Å². The summed E-state index contributed by atoms with van der Waals surface area (Å²) in [4.78, 5) is 13.1. The predicted molar refractivity (Wildman–Crippen MR) is 210 cm³/mol. The Morgan fingerprint density at radius 2 is 0.853 bits per heavy atom. The van der Waals surface area contributed by atoms with Crippen LogP contribution < -0.4 is 11.1 Å². The number of nitrogens with two attached hydrogens (primary N) is 1. The van der Waals surface area contributed by atoms with E-state index in [-0.39, 0.29) is 0 Å². The summed E-state index contributed by atoms with van der Waals surface area (Å²) in [5, 5.41) is 174. The molecule has 0 radical (unpaired) electrons. The van der Waals surface area contributed by atoms with Crippen molar-refractivity contribution in [1.82, 2.24) is 5.32 Å². The number of aliphatic hydroxyl groups is 16. The molecule has 0 saturated carbocycles. The van der Waals surface area contributed by atoms with Crippen molar-refractivity contribution in [2.45, 2.75) is 205 Å². The quantitative estimate of drug-likeness (QED) is 0.0724. The van der Waals surface area contributed by atoms with Crippen molar-refractivity contribution < 1.29 is 139 Å². The predicted octanol–water partition coefficient (Wildman–Crippen LogP) is -11.9. The van der Waals surface area contributed by atoms with E-state index in [9.17, 15) is 86.5 Å². The van der Waals surface area contributed by atoms with E-state index in [0.29, 0.717) is 0 Å². The van der Waals surface area contributed by atoms with Crippen molar-refractivity contribution in [3.05, 3.63) is 0 Å². The maximum absolute atomic E-state index is 13.1. The second kappa shape index (κ2) is 23.5. The molecule has 30 nitrogen and oxygen atoms in total. The van der Waals surface area contributed by atoms with Crippen LogP contribution in [-0.2, 0) is 56.9 Å². The molecular weight excluding hydrogens is 932 g/mol. The fourth-order valence-electron chi connectivity index (χ4n) is 8.81. The summed E-state index contributed by atoms with van der Waals surface area (Å²) in [6.07, 6.45) is -51.0. The number of rotatable bonds is 15. The van der Waals surface area contributed by atoms with Crippen LogP contribution in [0.2, 0.25) is 0 Å². The number of nitrogens with one attached hydrogen (secondary N) is 1. The Labute approximate surface area is 386 Å². The SMILES string of the molecule is CC(=O)N[C@H]1[C@H](O[C@@H]2[C@H](O)[C@H](O[C@H]3[C@H](O)[C@@H](N)[C@H](O)O[C@@H]3CO)O[C@H](CO)[C@@H]2O)O[C@H](CO)[C@@H](O[C@@H]2O[C@@H](C)[C@@H](O)[C@@H](O)[C@@H]2O)[C@@H]1O[C@@H]1O[C@H](CO)[C@H](O)[C@H](O)[C@H]1O[C@@H]1O[C@@H](C)[C@@H](O)[C@@H](O)[C@@H]1O. The van der Waals surface area contributed by atoms with Crippen molar-refractivity contribution in [1.29, 1.82) is 0 Å². The Morgan fingerprint density at radius 3 is 1.38 bits per heavy atom. The van der Waals surface area contributed by atoms with E-state index < -0.39 is 216 Å². The van der Waals surface area contributed by atoms with Gasteiger partial charge in [-0.25, -0.2) is 0 Å². The Morgan fingerprint density at radius 1 is 0.426 bits per heavy atom. The van der Waals surface area contributed by atoms with Crippen LogP contribution >= 0.6 is 0 Å². The van der Waals surface area contributed by atoms with E-state index in [1.54, 1.807) is 0 Å². The lowest BCUT2D eigenvalue weighted by atomic mass is 9.93. The summed E-state index contributed by atoms with van der Waals surface area (Å²) in [5.74, 6) is -0.883. The first-order chi connectivity index (χ1) is 32.1. The van der Waals surface area contributed by atoms with Gasteiger partial charge in [0.2, 0.25) is 5.91 Å². The molecule has 30 heteroatoms. The summed E-state index contributed by atoms with van der Waals surface area (Å²) < 4.78 is 64.2. The van der Waals surface area contributed by atoms with Crippen LogP contribution in [0.4, 0.5) is 0 Å².